The first-order valence-corrected chi connectivity index (χ1v) is 11.9. The summed E-state index contributed by atoms with van der Waals surface area (Å²) in [6.07, 6.45) is 7.95. The van der Waals surface area contributed by atoms with Crippen LogP contribution in [0.4, 0.5) is 0 Å². The van der Waals surface area contributed by atoms with Gasteiger partial charge >= 0.3 is 0 Å². The van der Waals surface area contributed by atoms with Crippen molar-refractivity contribution in [2.24, 2.45) is 0 Å². The minimum Gasteiger partial charge on any atom is -0.486 e. The van der Waals surface area contributed by atoms with Crippen molar-refractivity contribution in [3.8, 4) is 11.5 Å². The highest BCUT2D eigenvalue weighted by Gasteiger charge is 2.31. The highest BCUT2D eigenvalue weighted by molar-refractivity contribution is 7.99. The zero-order valence-electron chi connectivity index (χ0n) is 17.0. The quantitative estimate of drug-likeness (QED) is 0.654. The van der Waals surface area contributed by atoms with E-state index in [-0.39, 0.29) is 11.9 Å². The van der Waals surface area contributed by atoms with Crippen LogP contribution in [0.2, 0.25) is 0 Å². The molecule has 5 rings (SSSR count). The molecule has 160 valence electrons. The van der Waals surface area contributed by atoms with E-state index in [2.05, 4.69) is 10.2 Å². The summed E-state index contributed by atoms with van der Waals surface area (Å²) in [5, 5.41) is 8.89. The molecule has 2 aromatic rings. The molecule has 1 amide bonds. The first kappa shape index (κ1) is 19.7. The average Bonchev–Trinajstić information content (AvgIpc) is 3.48. The standard InChI is InChI=1S/C22H27N3O4S/c26-20(14-30-22-24-23-21(29-22)15-5-2-1-3-6-15)25-10-4-7-17(25)16-8-9-18-19(13-16)28-12-11-27-18/h8-9,13,15,17H,1-7,10-12,14H2. The van der Waals surface area contributed by atoms with Gasteiger partial charge in [0.1, 0.15) is 13.2 Å². The van der Waals surface area contributed by atoms with Gasteiger partial charge in [0.15, 0.2) is 11.5 Å². The normalized spacial score (nSPS) is 21.7. The van der Waals surface area contributed by atoms with Crippen LogP contribution in [0, 0.1) is 0 Å². The Hall–Kier alpha value is -2.22. The fourth-order valence-electron chi connectivity index (χ4n) is 4.68. The van der Waals surface area contributed by atoms with Crippen LogP contribution in [0.1, 0.15) is 68.4 Å². The van der Waals surface area contributed by atoms with Gasteiger partial charge in [-0.15, -0.1) is 10.2 Å². The molecule has 3 heterocycles. The van der Waals surface area contributed by atoms with Crippen LogP contribution in [0.15, 0.2) is 27.8 Å². The molecular weight excluding hydrogens is 402 g/mol. The van der Waals surface area contributed by atoms with Gasteiger partial charge in [0.25, 0.3) is 5.22 Å². The number of ether oxygens (including phenoxy) is 2. The van der Waals surface area contributed by atoms with E-state index in [4.69, 9.17) is 13.9 Å². The second kappa shape index (κ2) is 8.88. The van der Waals surface area contributed by atoms with E-state index in [1.165, 1.54) is 31.0 Å². The molecule has 1 unspecified atom stereocenters. The van der Waals surface area contributed by atoms with Gasteiger partial charge in [0, 0.05) is 12.5 Å². The van der Waals surface area contributed by atoms with Crippen molar-refractivity contribution in [2.45, 2.75) is 62.1 Å². The third-order valence-corrected chi connectivity index (χ3v) is 7.02. The number of aromatic nitrogens is 2. The maximum atomic E-state index is 13.0. The zero-order valence-corrected chi connectivity index (χ0v) is 17.9. The highest BCUT2D eigenvalue weighted by atomic mass is 32.2. The lowest BCUT2D eigenvalue weighted by Gasteiger charge is -2.26. The molecule has 1 saturated carbocycles. The second-order valence-corrected chi connectivity index (χ2v) is 9.10. The minimum absolute atomic E-state index is 0.0782. The van der Waals surface area contributed by atoms with Gasteiger partial charge in [-0.25, -0.2) is 0 Å². The summed E-state index contributed by atoms with van der Waals surface area (Å²) in [7, 11) is 0. The smallest absolute Gasteiger partial charge is 0.277 e. The van der Waals surface area contributed by atoms with Crippen molar-refractivity contribution in [3.63, 3.8) is 0 Å². The second-order valence-electron chi connectivity index (χ2n) is 8.18. The number of carbonyl (C=O) groups is 1. The fraction of sp³-hybridized carbons (Fsp3) is 0.591. The molecule has 1 aromatic carbocycles. The third-order valence-electron chi connectivity index (χ3n) is 6.22. The summed E-state index contributed by atoms with van der Waals surface area (Å²) < 4.78 is 17.2. The van der Waals surface area contributed by atoms with Crippen LogP contribution in [0.5, 0.6) is 11.5 Å². The van der Waals surface area contributed by atoms with Gasteiger partial charge in [-0.1, -0.05) is 37.1 Å². The zero-order chi connectivity index (χ0) is 20.3. The summed E-state index contributed by atoms with van der Waals surface area (Å²) in [6, 6.07) is 6.09. The maximum Gasteiger partial charge on any atom is 0.277 e. The van der Waals surface area contributed by atoms with Crippen molar-refractivity contribution >= 4 is 17.7 Å². The number of benzene rings is 1. The molecule has 0 N–H and O–H groups in total. The number of likely N-dealkylation sites (tertiary alicyclic amines) is 1. The van der Waals surface area contributed by atoms with E-state index < -0.39 is 0 Å². The number of hydrogen-bond acceptors (Lipinski definition) is 7. The molecule has 7 nitrogen and oxygen atoms in total. The van der Waals surface area contributed by atoms with Crippen molar-refractivity contribution in [3.05, 3.63) is 29.7 Å². The van der Waals surface area contributed by atoms with Crippen LogP contribution in [0.25, 0.3) is 0 Å². The predicted octanol–water partition coefficient (Wildman–Crippen LogP) is 4.34. The molecule has 2 fully saturated rings. The molecule has 0 radical (unpaired) electrons. The van der Waals surface area contributed by atoms with Gasteiger partial charge in [0.2, 0.25) is 11.8 Å². The fourth-order valence-corrected chi connectivity index (χ4v) is 5.33. The van der Waals surface area contributed by atoms with E-state index in [1.54, 1.807) is 0 Å². The van der Waals surface area contributed by atoms with Crippen LogP contribution < -0.4 is 9.47 Å². The number of nitrogens with zero attached hydrogens (tertiary/aromatic N) is 3. The van der Waals surface area contributed by atoms with Crippen LogP contribution in [-0.2, 0) is 4.79 Å². The molecule has 0 spiro atoms. The first-order valence-electron chi connectivity index (χ1n) is 10.9. The number of hydrogen-bond donors (Lipinski definition) is 0. The summed E-state index contributed by atoms with van der Waals surface area (Å²) >= 11 is 1.34. The van der Waals surface area contributed by atoms with E-state index in [9.17, 15) is 4.79 Å². The van der Waals surface area contributed by atoms with E-state index in [1.807, 2.05) is 23.1 Å². The van der Waals surface area contributed by atoms with Gasteiger partial charge in [-0.3, -0.25) is 4.79 Å². The van der Waals surface area contributed by atoms with Gasteiger partial charge in [-0.05, 0) is 43.4 Å². The molecule has 2 aliphatic heterocycles. The molecule has 3 aliphatic rings. The molecule has 1 saturated heterocycles. The molecule has 8 heteroatoms. The summed E-state index contributed by atoms with van der Waals surface area (Å²) in [5.41, 5.74) is 1.10. The Morgan fingerprint density at radius 2 is 1.87 bits per heavy atom. The van der Waals surface area contributed by atoms with E-state index >= 15 is 0 Å². The monoisotopic (exact) mass is 429 g/mol. The molecular formula is C22H27N3O4S. The van der Waals surface area contributed by atoms with Gasteiger partial charge < -0.3 is 18.8 Å². The Morgan fingerprint density at radius 3 is 2.73 bits per heavy atom. The van der Waals surface area contributed by atoms with E-state index in [0.29, 0.717) is 30.1 Å². The number of thioether (sulfide) groups is 1. The number of fused-ring (bicyclic) bond motifs is 1. The van der Waals surface area contributed by atoms with Gasteiger partial charge in [-0.2, -0.15) is 0 Å². The van der Waals surface area contributed by atoms with Crippen molar-refractivity contribution in [1.82, 2.24) is 15.1 Å². The topological polar surface area (TPSA) is 77.7 Å². The molecule has 30 heavy (non-hydrogen) atoms. The number of carbonyl (C=O) groups excluding carboxylic acids is 1. The Kier molecular flexibility index (Phi) is 5.84. The van der Waals surface area contributed by atoms with Crippen molar-refractivity contribution in [1.29, 1.82) is 0 Å². The molecule has 1 aliphatic carbocycles. The van der Waals surface area contributed by atoms with Crippen LogP contribution in [0.3, 0.4) is 0 Å². The Bertz CT molecular complexity index is 896. The van der Waals surface area contributed by atoms with E-state index in [0.717, 1.165) is 55.2 Å². The maximum absolute atomic E-state index is 13.0. The largest absolute Gasteiger partial charge is 0.486 e. The summed E-state index contributed by atoms with van der Waals surface area (Å²) in [6.45, 7) is 1.92. The Morgan fingerprint density at radius 1 is 1.03 bits per heavy atom. The molecule has 0 bridgehead atoms. The lowest BCUT2D eigenvalue weighted by atomic mass is 9.89. The third kappa shape index (κ3) is 4.15. The van der Waals surface area contributed by atoms with Crippen LogP contribution in [-0.4, -0.2) is 46.5 Å². The number of rotatable bonds is 5. The predicted molar refractivity (Wildman–Crippen MR) is 112 cm³/mol. The first-order chi connectivity index (χ1) is 14.8. The Balaban J connectivity index is 1.21. The van der Waals surface area contributed by atoms with Crippen molar-refractivity contribution < 1.29 is 18.7 Å². The van der Waals surface area contributed by atoms with Crippen LogP contribution >= 0.6 is 11.8 Å². The van der Waals surface area contributed by atoms with Gasteiger partial charge in [0.05, 0.1) is 11.8 Å². The van der Waals surface area contributed by atoms with Crippen molar-refractivity contribution in [2.75, 3.05) is 25.5 Å². The lowest BCUT2D eigenvalue weighted by Crippen LogP contribution is -2.32. The SMILES string of the molecule is O=C(CSc1nnc(C2CCCCC2)o1)N1CCCC1c1ccc2c(c1)OCCO2. The molecule has 1 atom stereocenters. The average molecular weight is 430 g/mol. The number of amides is 1. The minimum atomic E-state index is 0.0782. The molecule has 1 aromatic heterocycles. The Labute approximate surface area is 180 Å². The summed E-state index contributed by atoms with van der Waals surface area (Å²) in [5.74, 6) is 3.09. The highest BCUT2D eigenvalue weighted by Crippen LogP contribution is 2.38. The lowest BCUT2D eigenvalue weighted by molar-refractivity contribution is -0.129. The summed E-state index contributed by atoms with van der Waals surface area (Å²) in [4.78, 5) is 14.9.